The van der Waals surface area contributed by atoms with Gasteiger partial charge in [-0.05, 0) is 77.1 Å². The highest BCUT2D eigenvalue weighted by Crippen LogP contribution is 2.51. The smallest absolute Gasteiger partial charge is 0.253 e. The first-order valence-electron chi connectivity index (χ1n) is 13.9. The maximum absolute atomic E-state index is 12.8. The lowest BCUT2D eigenvalue weighted by Crippen LogP contribution is -2.27. The van der Waals surface area contributed by atoms with Gasteiger partial charge < -0.3 is 29.9 Å². The van der Waals surface area contributed by atoms with E-state index in [-0.39, 0.29) is 31.8 Å². The number of rotatable bonds is 7. The van der Waals surface area contributed by atoms with E-state index in [4.69, 9.17) is 9.47 Å². The van der Waals surface area contributed by atoms with E-state index in [2.05, 4.69) is 21.2 Å². The summed E-state index contributed by atoms with van der Waals surface area (Å²) in [7, 11) is 3.43. The average molecular weight is 646 g/mol. The third kappa shape index (κ3) is 6.59. The fourth-order valence-corrected chi connectivity index (χ4v) is 5.49. The summed E-state index contributed by atoms with van der Waals surface area (Å²) < 4.78 is 11.5. The number of amides is 2. The largest absolute Gasteiger partial charge is 0.454 e. The molecule has 1 heterocycles. The van der Waals surface area contributed by atoms with E-state index < -0.39 is 5.41 Å². The van der Waals surface area contributed by atoms with E-state index in [9.17, 15) is 19.8 Å². The highest BCUT2D eigenvalue weighted by Gasteiger charge is 2.51. The Labute approximate surface area is 259 Å². The molecular formula is C34H33BrN2O6. The van der Waals surface area contributed by atoms with Gasteiger partial charge in [0, 0.05) is 29.8 Å². The van der Waals surface area contributed by atoms with Gasteiger partial charge in [-0.3, -0.25) is 9.59 Å². The first kappa shape index (κ1) is 30.3. The van der Waals surface area contributed by atoms with Gasteiger partial charge in [0.2, 0.25) is 12.7 Å². The zero-order chi connectivity index (χ0) is 30.6. The van der Waals surface area contributed by atoms with Crippen LogP contribution in [0.25, 0.3) is 11.1 Å². The van der Waals surface area contributed by atoms with Crippen molar-refractivity contribution in [1.29, 1.82) is 0 Å². The zero-order valence-corrected chi connectivity index (χ0v) is 25.6. The Morgan fingerprint density at radius 3 is 2.23 bits per heavy atom. The summed E-state index contributed by atoms with van der Waals surface area (Å²) in [5.74, 6) is 1.33. The summed E-state index contributed by atoms with van der Waals surface area (Å²) in [6.45, 7) is 0.0952. The Morgan fingerprint density at radius 1 is 0.860 bits per heavy atom. The molecule has 1 aliphatic carbocycles. The number of carbonyl (C=O) groups excluding carboxylic acids is 2. The molecule has 1 fully saturated rings. The lowest BCUT2D eigenvalue weighted by atomic mass is 9.94. The molecule has 0 atom stereocenters. The molecule has 2 aliphatic rings. The summed E-state index contributed by atoms with van der Waals surface area (Å²) in [5.41, 5.74) is 5.29. The second kappa shape index (κ2) is 13.0. The summed E-state index contributed by atoms with van der Waals surface area (Å²) in [5, 5.41) is 21.7. The van der Waals surface area contributed by atoms with Crippen LogP contribution >= 0.6 is 15.9 Å². The van der Waals surface area contributed by atoms with Crippen LogP contribution in [0.15, 0.2) is 89.4 Å². The summed E-state index contributed by atoms with van der Waals surface area (Å²) in [6, 6.07) is 26.4. The number of anilines is 1. The summed E-state index contributed by atoms with van der Waals surface area (Å²) >= 11 is 3.40. The molecule has 0 radical (unpaired) electrons. The third-order valence-corrected chi connectivity index (χ3v) is 8.34. The molecule has 1 aliphatic heterocycles. The SMILES string of the molecule is CN(C)C(=O)c1ccc(-c2ccccc2)c(CO)c1.O=C(Nc1ccc(CO)c(Br)c1)C1(c2ccc3c(c2)OCO3)CC1. The lowest BCUT2D eigenvalue weighted by molar-refractivity contribution is -0.118. The molecule has 0 unspecified atom stereocenters. The van der Waals surface area contributed by atoms with Crippen molar-refractivity contribution in [1.82, 2.24) is 4.90 Å². The van der Waals surface area contributed by atoms with Crippen molar-refractivity contribution >= 4 is 33.4 Å². The van der Waals surface area contributed by atoms with Crippen LogP contribution in [0.4, 0.5) is 5.69 Å². The molecule has 0 aromatic heterocycles. The van der Waals surface area contributed by atoms with E-state index in [0.717, 1.165) is 50.9 Å². The van der Waals surface area contributed by atoms with Gasteiger partial charge in [0.05, 0.1) is 18.6 Å². The van der Waals surface area contributed by atoms with Crippen molar-refractivity contribution in [2.24, 2.45) is 0 Å². The van der Waals surface area contributed by atoms with Crippen LogP contribution in [0.5, 0.6) is 11.5 Å². The van der Waals surface area contributed by atoms with Crippen LogP contribution in [-0.4, -0.2) is 47.8 Å². The molecule has 0 spiro atoms. The van der Waals surface area contributed by atoms with Gasteiger partial charge in [0.15, 0.2) is 11.5 Å². The van der Waals surface area contributed by atoms with Gasteiger partial charge in [-0.15, -0.1) is 0 Å². The molecule has 0 saturated heterocycles. The van der Waals surface area contributed by atoms with Gasteiger partial charge in [-0.1, -0.05) is 64.5 Å². The summed E-state index contributed by atoms with van der Waals surface area (Å²) in [4.78, 5) is 26.2. The fourth-order valence-electron chi connectivity index (χ4n) is 4.99. The predicted molar refractivity (Wildman–Crippen MR) is 168 cm³/mol. The maximum Gasteiger partial charge on any atom is 0.253 e. The van der Waals surface area contributed by atoms with E-state index in [0.29, 0.717) is 17.0 Å². The maximum atomic E-state index is 12.8. The number of nitrogens with zero attached hydrogens (tertiary/aromatic N) is 1. The molecule has 9 heteroatoms. The van der Waals surface area contributed by atoms with E-state index in [1.165, 1.54) is 4.90 Å². The molecule has 222 valence electrons. The van der Waals surface area contributed by atoms with Crippen molar-refractivity contribution < 1.29 is 29.3 Å². The van der Waals surface area contributed by atoms with Gasteiger partial charge in [0.1, 0.15) is 0 Å². The molecule has 8 nitrogen and oxygen atoms in total. The first-order chi connectivity index (χ1) is 20.8. The Balaban J connectivity index is 0.000000177. The number of halogens is 1. The number of carbonyl (C=O) groups is 2. The third-order valence-electron chi connectivity index (χ3n) is 7.60. The molecule has 6 rings (SSSR count). The Hall–Kier alpha value is -4.18. The van der Waals surface area contributed by atoms with Crippen molar-refractivity contribution in [3.05, 3.63) is 112 Å². The van der Waals surface area contributed by atoms with Gasteiger partial charge in [-0.2, -0.15) is 0 Å². The molecule has 43 heavy (non-hydrogen) atoms. The minimum Gasteiger partial charge on any atom is -0.454 e. The number of hydrogen-bond donors (Lipinski definition) is 3. The van der Waals surface area contributed by atoms with Crippen molar-refractivity contribution in [2.75, 3.05) is 26.2 Å². The van der Waals surface area contributed by atoms with Gasteiger partial charge in [0.25, 0.3) is 5.91 Å². The number of aliphatic hydroxyl groups is 2. The van der Waals surface area contributed by atoms with Crippen LogP contribution in [0.3, 0.4) is 0 Å². The lowest BCUT2D eigenvalue weighted by Gasteiger charge is -2.17. The number of ether oxygens (including phenoxy) is 2. The van der Waals surface area contributed by atoms with Crippen LogP contribution in [0.1, 0.15) is 39.9 Å². The standard InChI is InChI=1S/C18H16BrNO4.C16H17NO2/c19-14-8-13(3-1-11(14)9-21)20-17(22)18(5-6-18)12-2-4-15-16(7-12)24-10-23-15;1-17(2)16(19)13-8-9-15(14(10-13)11-18)12-6-4-3-5-7-12/h1-4,7-8,21H,5-6,9-10H2,(H,20,22);3-10,18H,11H2,1-2H3. The fraction of sp³-hybridized carbons (Fsp3) is 0.235. The van der Waals surface area contributed by atoms with E-state index >= 15 is 0 Å². The zero-order valence-electron chi connectivity index (χ0n) is 24.0. The Morgan fingerprint density at radius 2 is 1.58 bits per heavy atom. The molecule has 2 amide bonds. The minimum atomic E-state index is -0.497. The first-order valence-corrected chi connectivity index (χ1v) is 14.7. The number of hydrogen-bond acceptors (Lipinski definition) is 6. The predicted octanol–water partition coefficient (Wildman–Crippen LogP) is 5.89. The number of benzene rings is 4. The van der Waals surface area contributed by atoms with Crippen molar-refractivity contribution in [3.8, 4) is 22.6 Å². The van der Waals surface area contributed by atoms with Crippen LogP contribution < -0.4 is 14.8 Å². The van der Waals surface area contributed by atoms with Gasteiger partial charge in [-0.25, -0.2) is 0 Å². The summed E-state index contributed by atoms with van der Waals surface area (Å²) in [6.07, 6.45) is 1.63. The molecule has 3 N–H and O–H groups in total. The normalized spacial score (nSPS) is 13.9. The number of nitrogens with one attached hydrogen (secondary N) is 1. The van der Waals surface area contributed by atoms with Crippen molar-refractivity contribution in [3.63, 3.8) is 0 Å². The van der Waals surface area contributed by atoms with E-state index in [1.54, 1.807) is 44.4 Å². The van der Waals surface area contributed by atoms with E-state index in [1.807, 2.05) is 54.6 Å². The van der Waals surface area contributed by atoms with Crippen LogP contribution in [0.2, 0.25) is 0 Å². The highest BCUT2D eigenvalue weighted by molar-refractivity contribution is 9.10. The molecule has 1 saturated carbocycles. The number of fused-ring (bicyclic) bond motifs is 1. The molecule has 0 bridgehead atoms. The topological polar surface area (TPSA) is 108 Å². The van der Waals surface area contributed by atoms with Crippen LogP contribution in [0, 0.1) is 0 Å². The molecular weight excluding hydrogens is 612 g/mol. The number of aliphatic hydroxyl groups excluding tert-OH is 2. The molecule has 4 aromatic rings. The van der Waals surface area contributed by atoms with Gasteiger partial charge >= 0.3 is 0 Å². The Bertz CT molecular complexity index is 1640. The quantitative estimate of drug-likeness (QED) is 0.232. The molecule has 4 aromatic carbocycles. The van der Waals surface area contributed by atoms with Crippen molar-refractivity contribution in [2.45, 2.75) is 31.5 Å². The second-order valence-electron chi connectivity index (χ2n) is 10.7. The second-order valence-corrected chi connectivity index (χ2v) is 11.5. The Kier molecular flexibility index (Phi) is 9.15. The average Bonchev–Trinajstić information content (AvgIpc) is 3.71. The monoisotopic (exact) mass is 644 g/mol. The highest BCUT2D eigenvalue weighted by atomic mass is 79.9. The minimum absolute atomic E-state index is 0.0231. The van der Waals surface area contributed by atoms with Crippen LogP contribution in [-0.2, 0) is 23.4 Å².